The molecular weight excluding hydrogens is 893 g/mol. The number of fused-ring (bicyclic) bond motifs is 18. The Balaban J connectivity index is 0.910. The van der Waals surface area contributed by atoms with E-state index in [0.29, 0.717) is 5.56 Å². The zero-order chi connectivity index (χ0) is 47.9. The van der Waals surface area contributed by atoms with Gasteiger partial charge in [-0.1, -0.05) is 109 Å². The van der Waals surface area contributed by atoms with Crippen LogP contribution in [0.15, 0.2) is 231 Å². The normalized spacial score (nSPS) is 13.1. The zero-order valence-corrected chi connectivity index (χ0v) is 39.0. The molecule has 0 fully saturated rings. The molecule has 1 aliphatic heterocycles. The first-order valence-corrected chi connectivity index (χ1v) is 24.6. The van der Waals surface area contributed by atoms with E-state index < -0.39 is 5.41 Å². The van der Waals surface area contributed by atoms with Crippen molar-refractivity contribution in [2.24, 2.45) is 0 Å². The van der Waals surface area contributed by atoms with Gasteiger partial charge in [-0.05, 0) is 131 Å². The van der Waals surface area contributed by atoms with Crippen molar-refractivity contribution in [1.29, 1.82) is 5.26 Å². The number of para-hydroxylation sites is 6. The average Bonchev–Trinajstić information content (AvgIpc) is 4.17. The summed E-state index contributed by atoms with van der Waals surface area (Å²) in [6.07, 6.45) is 3.73. The van der Waals surface area contributed by atoms with Gasteiger partial charge in [0.25, 0.3) is 0 Å². The molecule has 1 aliphatic carbocycles. The third kappa shape index (κ3) is 5.30. The molecule has 7 nitrogen and oxygen atoms in total. The van der Waals surface area contributed by atoms with Crippen LogP contribution in [-0.4, -0.2) is 23.7 Å². The van der Waals surface area contributed by atoms with E-state index in [9.17, 15) is 5.26 Å². The van der Waals surface area contributed by atoms with E-state index in [2.05, 4.69) is 214 Å². The number of hydrogen-bond donors (Lipinski definition) is 0. The first-order valence-electron chi connectivity index (χ1n) is 24.6. The summed E-state index contributed by atoms with van der Waals surface area (Å²) in [6, 6.07) is 80.4. The molecule has 6 heterocycles. The Labute approximate surface area is 418 Å². The van der Waals surface area contributed by atoms with Gasteiger partial charge in [0.05, 0.1) is 72.9 Å². The fourth-order valence-corrected chi connectivity index (χ4v) is 12.7. The third-order valence-electron chi connectivity index (χ3n) is 15.6. The van der Waals surface area contributed by atoms with Crippen LogP contribution in [0.25, 0.3) is 105 Å². The number of nitriles is 1. The van der Waals surface area contributed by atoms with Crippen molar-refractivity contribution in [1.82, 2.24) is 23.7 Å². The van der Waals surface area contributed by atoms with Crippen LogP contribution in [0.5, 0.6) is 11.5 Å². The first kappa shape index (κ1) is 39.8. The molecule has 0 unspecified atom stereocenters. The van der Waals surface area contributed by atoms with Gasteiger partial charge >= 0.3 is 0 Å². The highest BCUT2D eigenvalue weighted by Gasteiger charge is 2.52. The molecule has 16 rings (SSSR count). The molecule has 2 aliphatic rings. The summed E-state index contributed by atoms with van der Waals surface area (Å²) in [5.41, 5.74) is 17.8. The Bertz CT molecular complexity index is 4660. The summed E-state index contributed by atoms with van der Waals surface area (Å²) in [4.78, 5) is 10.1. The molecule has 0 N–H and O–H groups in total. The molecule has 5 aromatic heterocycles. The van der Waals surface area contributed by atoms with Gasteiger partial charge in [0.1, 0.15) is 11.5 Å². The Morgan fingerprint density at radius 2 is 0.822 bits per heavy atom. The van der Waals surface area contributed by atoms with Gasteiger partial charge in [0.2, 0.25) is 0 Å². The highest BCUT2D eigenvalue weighted by molar-refractivity contribution is 6.13. The van der Waals surface area contributed by atoms with Crippen LogP contribution >= 0.6 is 0 Å². The SMILES string of the molecule is N#Cc1ccc2c(c1)c1ccccc1n2-c1ccc2c(c1)C1(c3cc(-c4ccc5c(c4)c4ccccc4n5-c4ccccc4-n4c5ccccc5c5ccccc54)ccc3O2)c2cccnc2-c2ncccc21. The van der Waals surface area contributed by atoms with Gasteiger partial charge in [0, 0.05) is 61.5 Å². The second kappa shape index (κ2) is 14.8. The summed E-state index contributed by atoms with van der Waals surface area (Å²) < 4.78 is 14.2. The molecule has 0 bridgehead atoms. The van der Waals surface area contributed by atoms with Crippen LogP contribution in [0.3, 0.4) is 0 Å². The van der Waals surface area contributed by atoms with Crippen molar-refractivity contribution in [2.45, 2.75) is 5.41 Å². The molecule has 0 saturated carbocycles. The number of aromatic nitrogens is 5. The lowest BCUT2D eigenvalue weighted by molar-refractivity contribution is 0.436. The van der Waals surface area contributed by atoms with Crippen LogP contribution < -0.4 is 4.74 Å². The van der Waals surface area contributed by atoms with E-state index in [1.165, 1.54) is 32.6 Å². The summed E-state index contributed by atoms with van der Waals surface area (Å²) in [5, 5.41) is 16.9. The second-order valence-corrected chi connectivity index (χ2v) is 19.2. The van der Waals surface area contributed by atoms with Crippen molar-refractivity contribution < 1.29 is 4.74 Å². The number of hydrogen-bond acceptors (Lipinski definition) is 4. The van der Waals surface area contributed by atoms with Gasteiger partial charge in [-0.25, -0.2) is 0 Å². The Kier molecular flexibility index (Phi) is 8.04. The standard InChI is InChI=1S/C66H38N6O/c67-39-40-25-29-58-48(35-40)46-15-3-5-19-54(46)70(58)43-28-32-63-53(38-43)66(50-17-11-33-68-64(50)65-51(66)18-12-34-69-65)52-37-42(27-31-62(52)73-63)41-26-30-59-49(36-41)47-16-4-8-22-57(47)72(59)61-24-10-9-23-60(61)71-55-20-6-1-13-44(55)45-14-2-7-21-56(45)71/h1-38H. The molecular formula is C66H38N6O. The lowest BCUT2D eigenvalue weighted by Gasteiger charge is -2.39. The topological polar surface area (TPSA) is 73.6 Å². The van der Waals surface area contributed by atoms with Crippen LogP contribution in [0.2, 0.25) is 0 Å². The highest BCUT2D eigenvalue weighted by Crippen LogP contribution is 2.62. The van der Waals surface area contributed by atoms with Crippen molar-refractivity contribution in [2.75, 3.05) is 0 Å². The van der Waals surface area contributed by atoms with Crippen molar-refractivity contribution in [3.63, 3.8) is 0 Å². The van der Waals surface area contributed by atoms with Gasteiger partial charge in [-0.15, -0.1) is 0 Å². The minimum absolute atomic E-state index is 0.630. The predicted octanol–water partition coefficient (Wildman–Crippen LogP) is 15.8. The number of nitrogens with zero attached hydrogens (tertiary/aromatic N) is 6. The van der Waals surface area contributed by atoms with Crippen molar-refractivity contribution in [3.05, 3.63) is 259 Å². The second-order valence-electron chi connectivity index (χ2n) is 19.2. The highest BCUT2D eigenvalue weighted by atomic mass is 16.5. The largest absolute Gasteiger partial charge is 0.457 e. The van der Waals surface area contributed by atoms with E-state index in [4.69, 9.17) is 14.7 Å². The summed E-state index contributed by atoms with van der Waals surface area (Å²) in [5.74, 6) is 1.56. The van der Waals surface area contributed by atoms with E-state index in [1.54, 1.807) is 0 Å². The summed E-state index contributed by atoms with van der Waals surface area (Å²) >= 11 is 0. The third-order valence-corrected chi connectivity index (χ3v) is 15.6. The fourth-order valence-electron chi connectivity index (χ4n) is 12.7. The fraction of sp³-hybridized carbons (Fsp3) is 0.0152. The number of benzene rings is 9. The monoisotopic (exact) mass is 930 g/mol. The number of rotatable bonds is 4. The average molecular weight is 931 g/mol. The Morgan fingerprint density at radius 3 is 1.42 bits per heavy atom. The van der Waals surface area contributed by atoms with Crippen LogP contribution in [0, 0.1) is 11.3 Å². The van der Waals surface area contributed by atoms with Gasteiger partial charge in [0.15, 0.2) is 0 Å². The zero-order valence-electron chi connectivity index (χ0n) is 39.0. The number of ether oxygens (including phenoxy) is 1. The van der Waals surface area contributed by atoms with E-state index >= 15 is 0 Å². The van der Waals surface area contributed by atoms with E-state index in [0.717, 1.165) is 106 Å². The van der Waals surface area contributed by atoms with Crippen LogP contribution in [0.4, 0.5) is 0 Å². The lowest BCUT2D eigenvalue weighted by Crippen LogP contribution is -2.32. The quantitative estimate of drug-likeness (QED) is 0.176. The van der Waals surface area contributed by atoms with Gasteiger partial charge in [-0.2, -0.15) is 5.26 Å². The Morgan fingerprint density at radius 1 is 0.370 bits per heavy atom. The smallest absolute Gasteiger partial charge is 0.132 e. The van der Waals surface area contributed by atoms with Crippen molar-refractivity contribution in [3.8, 4) is 57.1 Å². The molecule has 9 aromatic carbocycles. The number of pyridine rings is 2. The Hall–Kier alpha value is -10.0. The molecule has 14 aromatic rings. The molecule has 0 radical (unpaired) electrons. The van der Waals surface area contributed by atoms with Gasteiger partial charge in [-0.3, -0.25) is 9.97 Å². The lowest BCUT2D eigenvalue weighted by atomic mass is 9.66. The summed E-state index contributed by atoms with van der Waals surface area (Å²) in [7, 11) is 0. The maximum absolute atomic E-state index is 9.92. The van der Waals surface area contributed by atoms with Crippen LogP contribution in [-0.2, 0) is 5.41 Å². The minimum atomic E-state index is -0.828. The molecule has 7 heteroatoms. The maximum Gasteiger partial charge on any atom is 0.132 e. The van der Waals surface area contributed by atoms with E-state index in [1.807, 2.05) is 36.7 Å². The molecule has 0 saturated heterocycles. The van der Waals surface area contributed by atoms with E-state index in [-0.39, 0.29) is 0 Å². The predicted molar refractivity (Wildman–Crippen MR) is 293 cm³/mol. The van der Waals surface area contributed by atoms with Gasteiger partial charge < -0.3 is 18.4 Å². The summed E-state index contributed by atoms with van der Waals surface area (Å²) in [6.45, 7) is 0. The minimum Gasteiger partial charge on any atom is -0.457 e. The maximum atomic E-state index is 9.92. The molecule has 1 spiro atoms. The molecule has 0 atom stereocenters. The van der Waals surface area contributed by atoms with Crippen LogP contribution in [0.1, 0.15) is 27.8 Å². The first-order chi connectivity index (χ1) is 36.2. The van der Waals surface area contributed by atoms with Crippen molar-refractivity contribution >= 4 is 65.4 Å². The molecule has 73 heavy (non-hydrogen) atoms. The molecule has 0 amide bonds. The molecule has 338 valence electrons.